The van der Waals surface area contributed by atoms with Gasteiger partial charge >= 0.3 is 0 Å². The highest BCUT2D eigenvalue weighted by molar-refractivity contribution is 6.00. The highest BCUT2D eigenvalue weighted by Gasteiger charge is 2.09. The van der Waals surface area contributed by atoms with E-state index in [1.807, 2.05) is 18.2 Å². The third-order valence-electron chi connectivity index (χ3n) is 3.79. The molecule has 0 fully saturated rings. The molecule has 2 aromatic rings. The Hall–Kier alpha value is -1.97. The van der Waals surface area contributed by atoms with E-state index in [1.54, 1.807) is 0 Å². The van der Waals surface area contributed by atoms with Crippen molar-refractivity contribution in [3.8, 4) is 0 Å². The highest BCUT2D eigenvalue weighted by Crippen LogP contribution is 2.20. The van der Waals surface area contributed by atoms with Gasteiger partial charge in [0.2, 0.25) is 0 Å². The Morgan fingerprint density at radius 3 is 2.68 bits per heavy atom. The van der Waals surface area contributed by atoms with Crippen LogP contribution in [0.1, 0.15) is 32.3 Å². The zero-order valence-electron chi connectivity index (χ0n) is 11.5. The fraction of sp³-hybridized carbons (Fsp3) is 0.400. The first-order chi connectivity index (χ1) is 9.19. The summed E-state index contributed by atoms with van der Waals surface area (Å²) in [7, 11) is 0. The van der Waals surface area contributed by atoms with Gasteiger partial charge in [-0.15, -0.1) is 0 Å². The minimum Gasteiger partial charge on any atom is -0.409 e. The van der Waals surface area contributed by atoms with Crippen LogP contribution in [0, 0.1) is 5.92 Å². The summed E-state index contributed by atoms with van der Waals surface area (Å²) >= 11 is 0. The van der Waals surface area contributed by atoms with Gasteiger partial charge < -0.3 is 15.5 Å². The minimum absolute atomic E-state index is 0.150. The number of nitrogens with two attached hydrogens (primary N) is 1. The summed E-state index contributed by atoms with van der Waals surface area (Å²) < 4.78 is 2.25. The predicted molar refractivity (Wildman–Crippen MR) is 78.5 cm³/mol. The van der Waals surface area contributed by atoms with Crippen LogP contribution in [0.4, 0.5) is 0 Å². The lowest BCUT2D eigenvalue weighted by atomic mass is 10.0. The van der Waals surface area contributed by atoms with E-state index in [9.17, 15) is 0 Å². The van der Waals surface area contributed by atoms with Gasteiger partial charge in [0.25, 0.3) is 0 Å². The van der Waals surface area contributed by atoms with Crippen LogP contribution in [0.25, 0.3) is 10.9 Å². The number of hydrogen-bond acceptors (Lipinski definition) is 2. The molecule has 0 spiro atoms. The lowest BCUT2D eigenvalue weighted by molar-refractivity contribution is 0.318. The summed E-state index contributed by atoms with van der Waals surface area (Å²) in [5, 5.41) is 13.0. The van der Waals surface area contributed by atoms with Gasteiger partial charge in [-0.2, -0.15) is 0 Å². The monoisotopic (exact) mass is 259 g/mol. The number of rotatable bonds is 5. The van der Waals surface area contributed by atoms with Crippen LogP contribution in [0.3, 0.4) is 0 Å². The lowest BCUT2D eigenvalue weighted by Crippen LogP contribution is -2.13. The van der Waals surface area contributed by atoms with Crippen molar-refractivity contribution in [1.82, 2.24) is 4.57 Å². The molecule has 19 heavy (non-hydrogen) atoms. The van der Waals surface area contributed by atoms with Crippen LogP contribution in [0.15, 0.2) is 35.6 Å². The fourth-order valence-corrected chi connectivity index (χ4v) is 2.39. The number of aromatic nitrogens is 1. The maximum atomic E-state index is 8.76. The van der Waals surface area contributed by atoms with Gasteiger partial charge in [-0.05, 0) is 23.4 Å². The summed E-state index contributed by atoms with van der Waals surface area (Å²) in [6.07, 6.45) is 4.46. The van der Waals surface area contributed by atoms with Gasteiger partial charge in [-0.1, -0.05) is 44.0 Å². The van der Waals surface area contributed by atoms with Crippen molar-refractivity contribution in [2.75, 3.05) is 0 Å². The molecule has 0 aliphatic carbocycles. The van der Waals surface area contributed by atoms with Crippen LogP contribution in [0.5, 0.6) is 0 Å². The van der Waals surface area contributed by atoms with Crippen LogP contribution in [-0.4, -0.2) is 15.6 Å². The molecule has 102 valence electrons. The zero-order chi connectivity index (χ0) is 13.8. The van der Waals surface area contributed by atoms with E-state index in [-0.39, 0.29) is 5.84 Å². The molecule has 0 amide bonds. The van der Waals surface area contributed by atoms with Crippen molar-refractivity contribution < 1.29 is 5.21 Å². The molecule has 0 bridgehead atoms. The van der Waals surface area contributed by atoms with Crippen molar-refractivity contribution in [2.24, 2.45) is 16.8 Å². The Labute approximate surface area is 113 Å². The topological polar surface area (TPSA) is 63.5 Å². The van der Waals surface area contributed by atoms with E-state index < -0.39 is 0 Å². The minimum atomic E-state index is 0.150. The molecule has 0 saturated heterocycles. The Kier molecular flexibility index (Phi) is 4.10. The molecule has 4 heteroatoms. The van der Waals surface area contributed by atoms with Gasteiger partial charge in [0.1, 0.15) is 0 Å². The van der Waals surface area contributed by atoms with Crippen molar-refractivity contribution in [3.63, 3.8) is 0 Å². The fourth-order valence-electron chi connectivity index (χ4n) is 2.39. The van der Waals surface area contributed by atoms with E-state index in [1.165, 1.54) is 18.2 Å². The van der Waals surface area contributed by atoms with Gasteiger partial charge in [0, 0.05) is 23.8 Å². The SMILES string of the molecule is CCC(CC)Cn1ccc2ccc(/C(N)=N/O)cc21. The van der Waals surface area contributed by atoms with Crippen molar-refractivity contribution in [3.05, 3.63) is 36.0 Å². The normalized spacial score (nSPS) is 12.5. The van der Waals surface area contributed by atoms with Crippen LogP contribution >= 0.6 is 0 Å². The molecule has 0 radical (unpaired) electrons. The molecule has 3 N–H and O–H groups in total. The second-order valence-electron chi connectivity index (χ2n) is 4.91. The van der Waals surface area contributed by atoms with Crippen LogP contribution in [0.2, 0.25) is 0 Å². The largest absolute Gasteiger partial charge is 0.409 e. The predicted octanol–water partition coefficient (Wildman–Crippen LogP) is 3.17. The van der Waals surface area contributed by atoms with E-state index in [0.29, 0.717) is 5.92 Å². The van der Waals surface area contributed by atoms with Crippen LogP contribution in [-0.2, 0) is 6.54 Å². The number of fused-ring (bicyclic) bond motifs is 1. The lowest BCUT2D eigenvalue weighted by Gasteiger charge is -2.14. The molecular formula is C15H21N3O. The average molecular weight is 259 g/mol. The maximum absolute atomic E-state index is 8.76. The van der Waals surface area contributed by atoms with Gasteiger partial charge in [-0.25, -0.2) is 0 Å². The summed E-state index contributed by atoms with van der Waals surface area (Å²) in [5.74, 6) is 0.834. The first-order valence-electron chi connectivity index (χ1n) is 6.76. The summed E-state index contributed by atoms with van der Waals surface area (Å²) in [6, 6.07) is 7.96. The number of hydrogen-bond donors (Lipinski definition) is 2. The molecule has 0 unspecified atom stereocenters. The summed E-state index contributed by atoms with van der Waals surface area (Å²) in [6.45, 7) is 5.46. The third kappa shape index (κ3) is 2.72. The second-order valence-corrected chi connectivity index (χ2v) is 4.91. The quantitative estimate of drug-likeness (QED) is 0.375. The number of nitrogens with zero attached hydrogens (tertiary/aromatic N) is 2. The Balaban J connectivity index is 2.40. The molecule has 1 aromatic heterocycles. The molecule has 2 rings (SSSR count). The van der Waals surface area contributed by atoms with E-state index in [0.717, 1.165) is 17.6 Å². The van der Waals surface area contributed by atoms with E-state index in [4.69, 9.17) is 10.9 Å². The van der Waals surface area contributed by atoms with Crippen LogP contribution < -0.4 is 5.73 Å². The molecule has 0 aliphatic heterocycles. The summed E-state index contributed by atoms with van der Waals surface area (Å²) in [4.78, 5) is 0. The number of amidine groups is 1. The van der Waals surface area contributed by atoms with Gasteiger partial charge in [-0.3, -0.25) is 0 Å². The molecule has 1 heterocycles. The van der Waals surface area contributed by atoms with Crippen molar-refractivity contribution >= 4 is 16.7 Å². The standard InChI is InChI=1S/C15H21N3O/c1-3-11(4-2)10-18-8-7-12-5-6-13(9-14(12)18)15(16)17-19/h5-9,11,19H,3-4,10H2,1-2H3,(H2,16,17). The maximum Gasteiger partial charge on any atom is 0.170 e. The summed E-state index contributed by atoms with van der Waals surface area (Å²) in [5.41, 5.74) is 7.53. The Morgan fingerprint density at radius 1 is 1.32 bits per heavy atom. The van der Waals surface area contributed by atoms with Crippen molar-refractivity contribution in [2.45, 2.75) is 33.2 Å². The third-order valence-corrected chi connectivity index (χ3v) is 3.79. The molecule has 1 aromatic carbocycles. The zero-order valence-corrected chi connectivity index (χ0v) is 11.5. The molecular weight excluding hydrogens is 238 g/mol. The highest BCUT2D eigenvalue weighted by atomic mass is 16.4. The van der Waals surface area contributed by atoms with Gasteiger partial charge in [0.15, 0.2) is 5.84 Å². The molecule has 0 atom stereocenters. The number of benzene rings is 1. The Bertz CT molecular complexity index is 582. The van der Waals surface area contributed by atoms with E-state index in [2.05, 4.69) is 35.8 Å². The molecule has 0 aliphatic rings. The first kappa shape index (κ1) is 13.5. The smallest absolute Gasteiger partial charge is 0.170 e. The first-order valence-corrected chi connectivity index (χ1v) is 6.76. The molecule has 0 saturated carbocycles. The Morgan fingerprint density at radius 2 is 2.05 bits per heavy atom. The number of oxime groups is 1. The molecule has 4 nitrogen and oxygen atoms in total. The van der Waals surface area contributed by atoms with E-state index >= 15 is 0 Å². The second kappa shape index (κ2) is 5.78. The average Bonchev–Trinajstić information content (AvgIpc) is 2.86. The van der Waals surface area contributed by atoms with Gasteiger partial charge in [0.05, 0.1) is 0 Å². The van der Waals surface area contributed by atoms with Crippen molar-refractivity contribution in [1.29, 1.82) is 0 Å².